The van der Waals surface area contributed by atoms with Gasteiger partial charge in [-0.25, -0.2) is 4.79 Å². The van der Waals surface area contributed by atoms with Crippen molar-refractivity contribution in [1.82, 2.24) is 5.32 Å². The fraction of sp³-hybridized carbons (Fsp3) is 0.348. The first-order valence-corrected chi connectivity index (χ1v) is 10.4. The molecule has 2 aromatic rings. The predicted octanol–water partition coefficient (Wildman–Crippen LogP) is 3.24. The van der Waals surface area contributed by atoms with Gasteiger partial charge in [0.2, 0.25) is 0 Å². The molecule has 0 unspecified atom stereocenters. The zero-order valence-corrected chi connectivity index (χ0v) is 18.9. The summed E-state index contributed by atoms with van der Waals surface area (Å²) in [5.41, 5.74) is 0.733. The highest BCUT2D eigenvalue weighted by Gasteiger charge is 2.27. The summed E-state index contributed by atoms with van der Waals surface area (Å²) in [6, 6.07) is 9.77. The van der Waals surface area contributed by atoms with E-state index in [1.807, 2.05) is 6.92 Å². The number of anilines is 1. The van der Waals surface area contributed by atoms with Crippen LogP contribution < -0.4 is 15.4 Å². The van der Waals surface area contributed by atoms with Crippen molar-refractivity contribution in [3.63, 3.8) is 0 Å². The lowest BCUT2D eigenvalue weighted by atomic mass is 10.0. The quantitative estimate of drug-likeness (QED) is 0.317. The van der Waals surface area contributed by atoms with Crippen LogP contribution in [0.15, 0.2) is 42.5 Å². The molecule has 2 aromatic carbocycles. The Labute approximate surface area is 191 Å². The lowest BCUT2D eigenvalue weighted by Crippen LogP contribution is -2.45. The molecule has 176 valence electrons. The van der Waals surface area contributed by atoms with Gasteiger partial charge in [0.15, 0.2) is 6.61 Å². The third kappa shape index (κ3) is 7.03. The molecule has 0 bridgehead atoms. The largest absolute Gasteiger partial charge is 0.494 e. The summed E-state index contributed by atoms with van der Waals surface area (Å²) in [4.78, 5) is 47.8. The predicted molar refractivity (Wildman–Crippen MR) is 121 cm³/mol. The van der Waals surface area contributed by atoms with E-state index in [9.17, 15) is 24.5 Å². The van der Waals surface area contributed by atoms with Crippen LogP contribution in [0, 0.1) is 23.0 Å². The summed E-state index contributed by atoms with van der Waals surface area (Å²) in [5.74, 6) is -1.57. The lowest BCUT2D eigenvalue weighted by molar-refractivity contribution is -0.385. The van der Waals surface area contributed by atoms with Crippen LogP contribution in [-0.4, -0.2) is 42.0 Å². The Balaban J connectivity index is 1.97. The molecule has 0 aromatic heterocycles. The second-order valence-corrected chi connectivity index (χ2v) is 7.52. The van der Waals surface area contributed by atoms with Gasteiger partial charge in [0.25, 0.3) is 17.5 Å². The van der Waals surface area contributed by atoms with Crippen molar-refractivity contribution in [1.29, 1.82) is 0 Å². The van der Waals surface area contributed by atoms with Crippen LogP contribution in [0.1, 0.15) is 36.7 Å². The number of benzene rings is 2. The standard InChI is InChI=1S/C23H27N3O7/c1-5-32-17-11-9-16(10-12-17)22(28)25-21(14(2)3)23(29)33-13-20(27)24-18-7-6-8-19(15(18)4)26(30)31/h6-12,14,21H,5,13H2,1-4H3,(H,24,27)(H,25,28)/t21-/m0/s1. The number of carbonyl (C=O) groups is 3. The smallest absolute Gasteiger partial charge is 0.329 e. The summed E-state index contributed by atoms with van der Waals surface area (Å²) in [6.45, 7) is 6.72. The van der Waals surface area contributed by atoms with Crippen molar-refractivity contribution < 1.29 is 28.8 Å². The van der Waals surface area contributed by atoms with Gasteiger partial charge in [-0.05, 0) is 50.1 Å². The van der Waals surface area contributed by atoms with Crippen LogP contribution in [0.4, 0.5) is 11.4 Å². The second-order valence-electron chi connectivity index (χ2n) is 7.52. The van der Waals surface area contributed by atoms with Crippen molar-refractivity contribution in [3.8, 4) is 5.75 Å². The molecule has 0 aliphatic heterocycles. The molecule has 0 saturated heterocycles. The van der Waals surface area contributed by atoms with Crippen molar-refractivity contribution >= 4 is 29.2 Å². The van der Waals surface area contributed by atoms with Gasteiger partial charge in [0, 0.05) is 11.6 Å². The SMILES string of the molecule is CCOc1ccc(C(=O)N[C@H](C(=O)OCC(=O)Nc2cccc([N+](=O)[O-])c2C)C(C)C)cc1. The summed E-state index contributed by atoms with van der Waals surface area (Å²) in [5, 5.41) is 16.1. The summed E-state index contributed by atoms with van der Waals surface area (Å²) >= 11 is 0. The fourth-order valence-electron chi connectivity index (χ4n) is 2.96. The maximum atomic E-state index is 12.5. The topological polar surface area (TPSA) is 137 Å². The van der Waals surface area contributed by atoms with Gasteiger partial charge in [0.05, 0.1) is 22.8 Å². The van der Waals surface area contributed by atoms with E-state index in [-0.39, 0.29) is 22.9 Å². The van der Waals surface area contributed by atoms with Crippen molar-refractivity contribution in [2.45, 2.75) is 33.7 Å². The van der Waals surface area contributed by atoms with Gasteiger partial charge in [0.1, 0.15) is 11.8 Å². The third-order valence-corrected chi connectivity index (χ3v) is 4.76. The Hall–Kier alpha value is -3.95. The number of esters is 1. The van der Waals surface area contributed by atoms with Crippen molar-refractivity contribution in [2.75, 3.05) is 18.5 Å². The van der Waals surface area contributed by atoms with E-state index in [4.69, 9.17) is 9.47 Å². The van der Waals surface area contributed by atoms with E-state index in [1.54, 1.807) is 38.1 Å². The van der Waals surface area contributed by atoms with Crippen molar-refractivity contribution in [2.24, 2.45) is 5.92 Å². The van der Waals surface area contributed by atoms with E-state index in [0.29, 0.717) is 17.9 Å². The number of nitrogens with zero attached hydrogens (tertiary/aromatic N) is 1. The highest BCUT2D eigenvalue weighted by atomic mass is 16.6. The second kappa shape index (κ2) is 11.6. The van der Waals surface area contributed by atoms with E-state index in [2.05, 4.69) is 10.6 Å². The average molecular weight is 457 g/mol. The number of rotatable bonds is 10. The Morgan fingerprint density at radius 2 is 1.76 bits per heavy atom. The lowest BCUT2D eigenvalue weighted by Gasteiger charge is -2.21. The van der Waals surface area contributed by atoms with Crippen LogP contribution >= 0.6 is 0 Å². The number of amides is 2. The van der Waals surface area contributed by atoms with E-state index in [0.717, 1.165) is 0 Å². The van der Waals surface area contributed by atoms with E-state index >= 15 is 0 Å². The number of hydrogen-bond donors (Lipinski definition) is 2. The van der Waals surface area contributed by atoms with E-state index < -0.39 is 35.4 Å². The molecule has 2 N–H and O–H groups in total. The number of hydrogen-bond acceptors (Lipinski definition) is 7. The highest BCUT2D eigenvalue weighted by Crippen LogP contribution is 2.25. The first-order valence-electron chi connectivity index (χ1n) is 10.4. The Morgan fingerprint density at radius 1 is 1.09 bits per heavy atom. The van der Waals surface area contributed by atoms with Crippen LogP contribution in [0.5, 0.6) is 5.75 Å². The van der Waals surface area contributed by atoms with E-state index in [1.165, 1.54) is 25.1 Å². The first kappa shape index (κ1) is 25.3. The third-order valence-electron chi connectivity index (χ3n) is 4.76. The Morgan fingerprint density at radius 3 is 2.33 bits per heavy atom. The molecule has 0 aliphatic carbocycles. The molecule has 33 heavy (non-hydrogen) atoms. The molecular formula is C23H27N3O7. The molecule has 2 amide bonds. The summed E-state index contributed by atoms with van der Waals surface area (Å²) in [6.07, 6.45) is 0. The molecular weight excluding hydrogens is 430 g/mol. The number of ether oxygens (including phenoxy) is 2. The molecule has 0 heterocycles. The van der Waals surface area contributed by atoms with Gasteiger partial charge >= 0.3 is 5.97 Å². The Bertz CT molecular complexity index is 1020. The number of nitrogens with one attached hydrogen (secondary N) is 2. The monoisotopic (exact) mass is 457 g/mol. The van der Waals surface area contributed by atoms with Gasteiger partial charge < -0.3 is 20.1 Å². The minimum atomic E-state index is -0.976. The van der Waals surface area contributed by atoms with Gasteiger partial charge in [-0.1, -0.05) is 19.9 Å². The minimum Gasteiger partial charge on any atom is -0.494 e. The zero-order chi connectivity index (χ0) is 24.5. The number of nitro groups is 1. The van der Waals surface area contributed by atoms with Crippen LogP contribution in [0.3, 0.4) is 0 Å². The molecule has 10 nitrogen and oxygen atoms in total. The molecule has 1 atom stereocenters. The number of carbonyl (C=O) groups excluding carboxylic acids is 3. The Kier molecular flexibility index (Phi) is 8.90. The number of nitro benzene ring substituents is 1. The summed E-state index contributed by atoms with van der Waals surface area (Å²) in [7, 11) is 0. The molecule has 10 heteroatoms. The maximum absolute atomic E-state index is 12.5. The normalized spacial score (nSPS) is 11.4. The fourth-order valence-corrected chi connectivity index (χ4v) is 2.96. The molecule has 2 rings (SSSR count). The van der Waals surface area contributed by atoms with Crippen LogP contribution in [0.25, 0.3) is 0 Å². The molecule has 0 aliphatic rings. The zero-order valence-electron chi connectivity index (χ0n) is 18.9. The van der Waals surface area contributed by atoms with Crippen LogP contribution in [0.2, 0.25) is 0 Å². The highest BCUT2D eigenvalue weighted by molar-refractivity contribution is 5.98. The molecule has 0 fully saturated rings. The molecule has 0 radical (unpaired) electrons. The van der Waals surface area contributed by atoms with Crippen LogP contribution in [-0.2, 0) is 14.3 Å². The van der Waals surface area contributed by atoms with Gasteiger partial charge in [-0.2, -0.15) is 0 Å². The average Bonchev–Trinajstić information content (AvgIpc) is 2.77. The maximum Gasteiger partial charge on any atom is 0.329 e. The minimum absolute atomic E-state index is 0.137. The first-order chi connectivity index (χ1) is 15.6. The molecule has 0 saturated carbocycles. The van der Waals surface area contributed by atoms with Crippen molar-refractivity contribution in [3.05, 3.63) is 63.7 Å². The summed E-state index contributed by atoms with van der Waals surface area (Å²) < 4.78 is 10.4. The van der Waals surface area contributed by atoms with Gasteiger partial charge in [-0.15, -0.1) is 0 Å². The van der Waals surface area contributed by atoms with Gasteiger partial charge in [-0.3, -0.25) is 19.7 Å². The molecule has 0 spiro atoms.